The highest BCUT2D eigenvalue weighted by atomic mass is 16.5. The summed E-state index contributed by atoms with van der Waals surface area (Å²) >= 11 is 0. The van der Waals surface area contributed by atoms with Gasteiger partial charge in [-0.3, -0.25) is 4.99 Å². The zero-order chi connectivity index (χ0) is 18.4. The molecular weight excluding hydrogens is 328 g/mol. The number of ether oxygens (including phenoxy) is 1. The van der Waals surface area contributed by atoms with Gasteiger partial charge in [-0.15, -0.1) is 0 Å². The fraction of sp³-hybridized carbons (Fsp3) is 0.650. The van der Waals surface area contributed by atoms with Gasteiger partial charge in [0.05, 0.1) is 12.1 Å². The van der Waals surface area contributed by atoms with Crippen LogP contribution in [0, 0.1) is 6.92 Å². The summed E-state index contributed by atoms with van der Waals surface area (Å²) in [6.45, 7) is 8.64. The molecule has 2 heterocycles. The molecule has 6 nitrogen and oxygen atoms in total. The van der Waals surface area contributed by atoms with Crippen molar-refractivity contribution < 1.29 is 9.84 Å². The zero-order valence-corrected chi connectivity index (χ0v) is 16.0. The first kappa shape index (κ1) is 19.0. The Labute approximate surface area is 156 Å². The zero-order valence-electron chi connectivity index (χ0n) is 16.0. The van der Waals surface area contributed by atoms with Crippen molar-refractivity contribution in [2.75, 3.05) is 44.3 Å². The summed E-state index contributed by atoms with van der Waals surface area (Å²) in [5.41, 5.74) is 1.83. The van der Waals surface area contributed by atoms with Gasteiger partial charge in [0.1, 0.15) is 0 Å². The number of anilines is 1. The van der Waals surface area contributed by atoms with Gasteiger partial charge in [-0.2, -0.15) is 0 Å². The van der Waals surface area contributed by atoms with Crippen LogP contribution < -0.4 is 15.5 Å². The van der Waals surface area contributed by atoms with Gasteiger partial charge in [0, 0.05) is 57.4 Å². The van der Waals surface area contributed by atoms with E-state index in [4.69, 9.17) is 4.74 Å². The van der Waals surface area contributed by atoms with Crippen LogP contribution >= 0.6 is 0 Å². The molecule has 1 aromatic rings. The molecular formula is C20H32N4O2. The van der Waals surface area contributed by atoms with E-state index in [0.29, 0.717) is 38.6 Å². The second-order valence-electron chi connectivity index (χ2n) is 7.44. The lowest BCUT2D eigenvalue weighted by Gasteiger charge is -2.30. The molecule has 1 unspecified atom stereocenters. The van der Waals surface area contributed by atoms with E-state index in [9.17, 15) is 5.11 Å². The van der Waals surface area contributed by atoms with Crippen LogP contribution in [-0.2, 0) is 4.74 Å². The fourth-order valence-corrected chi connectivity index (χ4v) is 3.52. The van der Waals surface area contributed by atoms with Crippen molar-refractivity contribution in [2.24, 2.45) is 4.99 Å². The highest BCUT2D eigenvalue weighted by molar-refractivity contribution is 5.80. The molecule has 3 N–H and O–H groups in total. The number of aliphatic hydroxyl groups is 1. The highest BCUT2D eigenvalue weighted by Gasteiger charge is 2.30. The summed E-state index contributed by atoms with van der Waals surface area (Å²) in [6, 6.07) is 9.07. The minimum atomic E-state index is -0.732. The fourth-order valence-electron chi connectivity index (χ4n) is 3.52. The maximum Gasteiger partial charge on any atom is 0.191 e. The standard InChI is InChI=1S/C20H32N4O2/c1-3-21-19(22-15-20(25)9-12-26-13-10-20)23-17-8-11-24(14-17)18-6-4-16(2)5-7-18/h4-7,17,25H,3,8-15H2,1-2H3,(H2,21,22,23). The molecule has 2 fully saturated rings. The molecule has 0 amide bonds. The third-order valence-corrected chi connectivity index (χ3v) is 5.23. The van der Waals surface area contributed by atoms with E-state index in [2.05, 4.69) is 58.6 Å². The summed E-state index contributed by atoms with van der Waals surface area (Å²) in [7, 11) is 0. The summed E-state index contributed by atoms with van der Waals surface area (Å²) in [6.07, 6.45) is 2.39. The first-order valence-electron chi connectivity index (χ1n) is 9.74. The van der Waals surface area contributed by atoms with E-state index in [0.717, 1.165) is 32.0 Å². The number of rotatable bonds is 5. The Morgan fingerprint density at radius 1 is 1.31 bits per heavy atom. The number of nitrogens with zero attached hydrogens (tertiary/aromatic N) is 2. The molecule has 26 heavy (non-hydrogen) atoms. The van der Waals surface area contributed by atoms with Crippen LogP contribution in [0.2, 0.25) is 0 Å². The van der Waals surface area contributed by atoms with Crippen molar-refractivity contribution in [3.05, 3.63) is 29.8 Å². The summed E-state index contributed by atoms with van der Waals surface area (Å²) in [5.74, 6) is 0.795. The molecule has 2 saturated heterocycles. The number of guanidine groups is 1. The highest BCUT2D eigenvalue weighted by Crippen LogP contribution is 2.22. The number of nitrogens with one attached hydrogen (secondary N) is 2. The average molecular weight is 361 g/mol. The second kappa shape index (κ2) is 8.73. The molecule has 0 radical (unpaired) electrons. The van der Waals surface area contributed by atoms with Crippen molar-refractivity contribution in [1.29, 1.82) is 0 Å². The van der Waals surface area contributed by atoms with Gasteiger partial charge in [-0.1, -0.05) is 17.7 Å². The Bertz CT molecular complexity index is 596. The molecule has 0 saturated carbocycles. The number of aryl methyl sites for hydroxylation is 1. The Balaban J connectivity index is 1.56. The Morgan fingerprint density at radius 2 is 2.04 bits per heavy atom. The molecule has 3 rings (SSSR count). The first-order chi connectivity index (χ1) is 12.6. The normalized spacial score (nSPS) is 23.1. The Kier molecular flexibility index (Phi) is 6.38. The lowest BCUT2D eigenvalue weighted by atomic mass is 9.95. The molecule has 0 spiro atoms. The van der Waals surface area contributed by atoms with Crippen molar-refractivity contribution in [2.45, 2.75) is 44.8 Å². The number of aliphatic imine (C=N–C) groups is 1. The summed E-state index contributed by atoms with van der Waals surface area (Å²) in [4.78, 5) is 7.06. The molecule has 0 aliphatic carbocycles. The van der Waals surface area contributed by atoms with E-state index in [-0.39, 0.29) is 0 Å². The third-order valence-electron chi connectivity index (χ3n) is 5.23. The molecule has 2 aliphatic rings. The first-order valence-corrected chi connectivity index (χ1v) is 9.74. The van der Waals surface area contributed by atoms with Crippen LogP contribution in [0.5, 0.6) is 0 Å². The smallest absolute Gasteiger partial charge is 0.191 e. The van der Waals surface area contributed by atoms with Crippen LogP contribution in [-0.4, -0.2) is 62.1 Å². The monoisotopic (exact) mass is 360 g/mol. The molecule has 0 aromatic heterocycles. The van der Waals surface area contributed by atoms with Crippen LogP contribution in [0.25, 0.3) is 0 Å². The van der Waals surface area contributed by atoms with Gasteiger partial charge < -0.3 is 25.4 Å². The summed E-state index contributed by atoms with van der Waals surface area (Å²) in [5, 5.41) is 17.5. The van der Waals surface area contributed by atoms with Gasteiger partial charge in [-0.05, 0) is 32.4 Å². The Morgan fingerprint density at radius 3 is 2.73 bits per heavy atom. The molecule has 2 aliphatic heterocycles. The predicted octanol–water partition coefficient (Wildman–Crippen LogP) is 1.67. The SMILES string of the molecule is CCNC(=NCC1(O)CCOCC1)NC1CCN(c2ccc(C)cc2)C1. The molecule has 1 atom stereocenters. The largest absolute Gasteiger partial charge is 0.388 e. The van der Waals surface area contributed by atoms with Crippen LogP contribution in [0.1, 0.15) is 31.7 Å². The van der Waals surface area contributed by atoms with Gasteiger partial charge in [0.2, 0.25) is 0 Å². The van der Waals surface area contributed by atoms with E-state index >= 15 is 0 Å². The summed E-state index contributed by atoms with van der Waals surface area (Å²) < 4.78 is 5.34. The van der Waals surface area contributed by atoms with E-state index in [1.165, 1.54) is 11.3 Å². The van der Waals surface area contributed by atoms with Crippen molar-refractivity contribution in [3.63, 3.8) is 0 Å². The second-order valence-corrected chi connectivity index (χ2v) is 7.44. The Hall–Kier alpha value is -1.79. The molecule has 144 valence electrons. The van der Waals surface area contributed by atoms with Crippen molar-refractivity contribution in [1.82, 2.24) is 10.6 Å². The predicted molar refractivity (Wildman–Crippen MR) is 106 cm³/mol. The lowest BCUT2D eigenvalue weighted by molar-refractivity contribution is -0.0566. The van der Waals surface area contributed by atoms with Crippen LogP contribution in [0.3, 0.4) is 0 Å². The van der Waals surface area contributed by atoms with Crippen LogP contribution in [0.4, 0.5) is 5.69 Å². The lowest BCUT2D eigenvalue weighted by Crippen LogP contribution is -2.46. The van der Waals surface area contributed by atoms with Gasteiger partial charge in [-0.25, -0.2) is 0 Å². The molecule has 0 bridgehead atoms. The van der Waals surface area contributed by atoms with Crippen molar-refractivity contribution >= 4 is 11.6 Å². The number of hydrogen-bond acceptors (Lipinski definition) is 4. The number of hydrogen-bond donors (Lipinski definition) is 3. The van der Waals surface area contributed by atoms with Crippen molar-refractivity contribution in [3.8, 4) is 0 Å². The van der Waals surface area contributed by atoms with E-state index in [1.54, 1.807) is 0 Å². The molecule has 6 heteroatoms. The van der Waals surface area contributed by atoms with E-state index < -0.39 is 5.60 Å². The minimum absolute atomic E-state index is 0.360. The topological polar surface area (TPSA) is 69.1 Å². The minimum Gasteiger partial charge on any atom is -0.388 e. The maximum absolute atomic E-state index is 10.6. The van der Waals surface area contributed by atoms with Gasteiger partial charge >= 0.3 is 0 Å². The third kappa shape index (κ3) is 5.11. The van der Waals surface area contributed by atoms with Gasteiger partial charge in [0.15, 0.2) is 5.96 Å². The van der Waals surface area contributed by atoms with E-state index in [1.807, 2.05) is 0 Å². The quantitative estimate of drug-likeness (QED) is 0.550. The average Bonchev–Trinajstić information content (AvgIpc) is 3.10. The van der Waals surface area contributed by atoms with Crippen LogP contribution in [0.15, 0.2) is 29.3 Å². The van der Waals surface area contributed by atoms with Gasteiger partial charge in [0.25, 0.3) is 0 Å². The molecule has 1 aromatic carbocycles. The maximum atomic E-state index is 10.6. The number of benzene rings is 1.